The summed E-state index contributed by atoms with van der Waals surface area (Å²) >= 11 is 0. The monoisotopic (exact) mass is 631 g/mol. The molecule has 1 amide bonds. The van der Waals surface area contributed by atoms with Crippen LogP contribution in [-0.4, -0.2) is 62.3 Å². The molecular formula is C34H45N5O5Si. The van der Waals surface area contributed by atoms with Crippen molar-refractivity contribution in [3.63, 3.8) is 0 Å². The zero-order valence-electron chi connectivity index (χ0n) is 28.0. The molecule has 0 bridgehead atoms. The first-order chi connectivity index (χ1) is 21.1. The van der Waals surface area contributed by atoms with Crippen LogP contribution in [0.1, 0.15) is 41.5 Å². The lowest BCUT2D eigenvalue weighted by molar-refractivity contribution is 0.0635. The number of anilines is 3. The summed E-state index contributed by atoms with van der Waals surface area (Å²) in [6.45, 7) is 17.8. The molecule has 4 rings (SSSR count). The van der Waals surface area contributed by atoms with Gasteiger partial charge in [-0.3, -0.25) is 10.3 Å². The minimum absolute atomic E-state index is 0.102. The molecule has 0 spiro atoms. The molecule has 2 heterocycles. The minimum atomic E-state index is -1.96. The zero-order chi connectivity index (χ0) is 33.0. The summed E-state index contributed by atoms with van der Waals surface area (Å²) in [6.07, 6.45) is 2.81. The third-order valence-corrected chi connectivity index (χ3v) is 12.3. The summed E-state index contributed by atoms with van der Waals surface area (Å²) in [6, 6.07) is 15.4. The first-order valence-corrected chi connectivity index (χ1v) is 17.9. The Morgan fingerprint density at radius 3 is 2.11 bits per heavy atom. The molecule has 2 aromatic carbocycles. The van der Waals surface area contributed by atoms with E-state index in [0.29, 0.717) is 36.2 Å². The SMILES string of the molecule is COc1cc(OC)cc(N(CCO[Si](C)(C)C(C)(C)C)c2ccc3ncc(-c4ccc(NC(=O)OC(C)(C)C)nc4)nc3c2)c1. The van der Waals surface area contributed by atoms with Crippen molar-refractivity contribution in [2.75, 3.05) is 37.6 Å². The molecule has 0 aliphatic carbocycles. The molecule has 0 unspecified atom stereocenters. The van der Waals surface area contributed by atoms with Crippen LogP contribution in [0.3, 0.4) is 0 Å². The van der Waals surface area contributed by atoms with Crippen molar-refractivity contribution in [2.24, 2.45) is 0 Å². The van der Waals surface area contributed by atoms with Crippen LogP contribution < -0.4 is 19.7 Å². The fourth-order valence-corrected chi connectivity index (χ4v) is 5.33. The number of nitrogens with one attached hydrogen (secondary N) is 1. The van der Waals surface area contributed by atoms with Gasteiger partial charge in [0.1, 0.15) is 22.9 Å². The Bertz CT molecular complexity index is 1610. The highest BCUT2D eigenvalue weighted by Gasteiger charge is 2.37. The van der Waals surface area contributed by atoms with Crippen molar-refractivity contribution >= 4 is 42.6 Å². The smallest absolute Gasteiger partial charge is 0.413 e. The molecule has 0 radical (unpaired) electrons. The Kier molecular flexibility index (Phi) is 10.0. The van der Waals surface area contributed by atoms with Crippen molar-refractivity contribution in [3.05, 3.63) is 60.9 Å². The van der Waals surface area contributed by atoms with Gasteiger partial charge in [-0.15, -0.1) is 0 Å². The van der Waals surface area contributed by atoms with E-state index in [1.54, 1.807) is 32.7 Å². The van der Waals surface area contributed by atoms with Crippen LogP contribution in [0.25, 0.3) is 22.3 Å². The van der Waals surface area contributed by atoms with Crippen molar-refractivity contribution in [1.82, 2.24) is 15.0 Å². The van der Waals surface area contributed by atoms with Gasteiger partial charge in [0.15, 0.2) is 8.32 Å². The van der Waals surface area contributed by atoms with Gasteiger partial charge in [0.2, 0.25) is 0 Å². The van der Waals surface area contributed by atoms with Crippen molar-refractivity contribution in [3.8, 4) is 22.8 Å². The maximum atomic E-state index is 12.1. The van der Waals surface area contributed by atoms with Gasteiger partial charge < -0.3 is 23.5 Å². The lowest BCUT2D eigenvalue weighted by Crippen LogP contribution is -2.42. The van der Waals surface area contributed by atoms with Crippen molar-refractivity contribution in [1.29, 1.82) is 0 Å². The van der Waals surface area contributed by atoms with E-state index in [0.717, 1.165) is 28.0 Å². The molecule has 10 nitrogen and oxygen atoms in total. The molecule has 11 heteroatoms. The normalized spacial score (nSPS) is 12.1. The molecule has 0 saturated carbocycles. The maximum absolute atomic E-state index is 12.1. The average molecular weight is 632 g/mol. The van der Waals surface area contributed by atoms with Gasteiger partial charge in [-0.1, -0.05) is 20.8 Å². The lowest BCUT2D eigenvalue weighted by Gasteiger charge is -2.37. The van der Waals surface area contributed by atoms with Crippen LogP contribution in [0.4, 0.5) is 22.0 Å². The number of ether oxygens (including phenoxy) is 3. The summed E-state index contributed by atoms with van der Waals surface area (Å²) in [5.74, 6) is 1.77. The third kappa shape index (κ3) is 8.70. The standard InChI is InChI=1S/C34H45N5O5Si/c1-33(2,3)44-32(40)38-31-14-11-23(21-36-31)30-22-35-28-13-12-24(19-29(28)37-30)39(15-16-43-45(9,10)34(4,5)6)25-17-26(41-7)20-27(18-25)42-8/h11-14,17-22H,15-16H2,1-10H3,(H,36,38,40). The van der Waals surface area contributed by atoms with Gasteiger partial charge in [-0.05, 0) is 69.2 Å². The number of rotatable bonds is 10. The molecule has 45 heavy (non-hydrogen) atoms. The van der Waals surface area contributed by atoms with Crippen LogP contribution in [-0.2, 0) is 9.16 Å². The van der Waals surface area contributed by atoms with E-state index >= 15 is 0 Å². The van der Waals surface area contributed by atoms with Crippen LogP contribution in [0.5, 0.6) is 11.5 Å². The molecule has 0 aliphatic heterocycles. The highest BCUT2D eigenvalue weighted by atomic mass is 28.4. The van der Waals surface area contributed by atoms with Gasteiger partial charge in [0, 0.05) is 47.9 Å². The average Bonchev–Trinajstić information content (AvgIpc) is 2.97. The quantitative estimate of drug-likeness (QED) is 0.173. The van der Waals surface area contributed by atoms with Crippen LogP contribution >= 0.6 is 0 Å². The Morgan fingerprint density at radius 1 is 0.844 bits per heavy atom. The number of aromatic nitrogens is 3. The molecular weight excluding hydrogens is 586 g/mol. The summed E-state index contributed by atoms with van der Waals surface area (Å²) < 4.78 is 23.0. The fraction of sp³-hybridized carbons (Fsp3) is 0.412. The molecule has 1 N–H and O–H groups in total. The second-order valence-corrected chi connectivity index (χ2v) is 18.1. The predicted octanol–water partition coefficient (Wildman–Crippen LogP) is 8.22. The summed E-state index contributed by atoms with van der Waals surface area (Å²) in [5.41, 5.74) is 4.15. The highest BCUT2D eigenvalue weighted by Crippen LogP contribution is 2.38. The first-order valence-electron chi connectivity index (χ1n) is 15.0. The minimum Gasteiger partial charge on any atom is -0.497 e. The highest BCUT2D eigenvalue weighted by molar-refractivity contribution is 6.74. The first kappa shape index (κ1) is 33.7. The molecule has 2 aromatic heterocycles. The van der Waals surface area contributed by atoms with Gasteiger partial charge in [-0.2, -0.15) is 0 Å². The van der Waals surface area contributed by atoms with Gasteiger partial charge in [0.25, 0.3) is 0 Å². The van der Waals surface area contributed by atoms with E-state index in [4.69, 9.17) is 23.6 Å². The van der Waals surface area contributed by atoms with E-state index < -0.39 is 20.0 Å². The van der Waals surface area contributed by atoms with Crippen LogP contribution in [0.2, 0.25) is 18.1 Å². The maximum Gasteiger partial charge on any atom is 0.413 e. The number of pyridine rings is 1. The Balaban J connectivity index is 1.65. The third-order valence-electron chi connectivity index (χ3n) is 7.76. The van der Waals surface area contributed by atoms with E-state index in [1.807, 2.05) is 63.2 Å². The molecule has 0 fully saturated rings. The number of carbonyl (C=O) groups is 1. The van der Waals surface area contributed by atoms with Crippen molar-refractivity contribution < 1.29 is 23.4 Å². The number of nitrogens with zero attached hydrogens (tertiary/aromatic N) is 4. The summed E-state index contributed by atoms with van der Waals surface area (Å²) in [4.78, 5) is 28.3. The van der Waals surface area contributed by atoms with E-state index in [1.165, 1.54) is 0 Å². The van der Waals surface area contributed by atoms with Crippen molar-refractivity contribution in [2.45, 2.75) is 65.3 Å². The van der Waals surface area contributed by atoms with Crippen LogP contribution in [0.15, 0.2) is 60.9 Å². The molecule has 0 saturated heterocycles. The van der Waals surface area contributed by atoms with Gasteiger partial charge >= 0.3 is 6.09 Å². The Hall–Kier alpha value is -4.22. The molecule has 0 aliphatic rings. The number of carbonyl (C=O) groups excluding carboxylic acids is 1. The Labute approximate surface area is 267 Å². The largest absolute Gasteiger partial charge is 0.497 e. The molecule has 4 aromatic rings. The Morgan fingerprint density at radius 2 is 1.53 bits per heavy atom. The number of hydrogen-bond acceptors (Lipinski definition) is 9. The summed E-state index contributed by atoms with van der Waals surface area (Å²) in [7, 11) is 1.33. The van der Waals surface area contributed by atoms with E-state index in [-0.39, 0.29) is 5.04 Å². The number of hydrogen-bond donors (Lipinski definition) is 1. The van der Waals surface area contributed by atoms with Gasteiger partial charge in [-0.25, -0.2) is 14.8 Å². The lowest BCUT2D eigenvalue weighted by atomic mass is 10.1. The fourth-order valence-electron chi connectivity index (χ4n) is 4.30. The molecule has 0 atom stereocenters. The zero-order valence-corrected chi connectivity index (χ0v) is 29.0. The second-order valence-electron chi connectivity index (χ2n) is 13.3. The number of benzene rings is 2. The van der Waals surface area contributed by atoms with Gasteiger partial charge in [0.05, 0.1) is 43.8 Å². The summed E-state index contributed by atoms with van der Waals surface area (Å²) in [5, 5.41) is 2.76. The van der Waals surface area contributed by atoms with Crippen LogP contribution in [0, 0.1) is 0 Å². The predicted molar refractivity (Wildman–Crippen MR) is 182 cm³/mol. The number of fused-ring (bicyclic) bond motifs is 1. The second kappa shape index (κ2) is 13.4. The van der Waals surface area contributed by atoms with E-state index in [9.17, 15) is 4.79 Å². The topological polar surface area (TPSA) is 108 Å². The van der Waals surface area contributed by atoms with E-state index in [2.05, 4.69) is 54.0 Å². The number of amides is 1. The number of methoxy groups -OCH3 is 2. The molecule has 240 valence electrons.